The summed E-state index contributed by atoms with van der Waals surface area (Å²) < 4.78 is 13.3. The van der Waals surface area contributed by atoms with Crippen LogP contribution in [0.1, 0.15) is 23.6 Å². The lowest BCUT2D eigenvalue weighted by molar-refractivity contribution is -0.908. The van der Waals surface area contributed by atoms with Crippen molar-refractivity contribution in [2.75, 3.05) is 18.9 Å². The molecular weight excluding hydrogens is 345 g/mol. The summed E-state index contributed by atoms with van der Waals surface area (Å²) in [5, 5.41) is 5.52. The maximum Gasteiger partial charge on any atom is 0.278 e. The molecule has 3 N–H and O–H groups in total. The van der Waals surface area contributed by atoms with Gasteiger partial charge in [-0.2, -0.15) is 0 Å². The molecule has 6 heteroatoms. The Kier molecular flexibility index (Phi) is 7.07. The van der Waals surface area contributed by atoms with Gasteiger partial charge in [0.15, 0.2) is 6.04 Å². The van der Waals surface area contributed by atoms with Gasteiger partial charge in [0.2, 0.25) is 5.91 Å². The monoisotopic (exact) mass is 372 g/mol. The van der Waals surface area contributed by atoms with E-state index >= 15 is 0 Å². The van der Waals surface area contributed by atoms with Crippen molar-refractivity contribution in [3.63, 3.8) is 0 Å². The average molecular weight is 372 g/mol. The molecule has 0 aromatic heterocycles. The second-order valence-electron chi connectivity index (χ2n) is 6.91. The van der Waals surface area contributed by atoms with Crippen molar-refractivity contribution in [1.29, 1.82) is 0 Å². The number of likely N-dealkylation sites (N-methyl/N-ethyl adjacent to an activating group) is 1. The van der Waals surface area contributed by atoms with E-state index in [2.05, 4.69) is 10.6 Å². The van der Waals surface area contributed by atoms with Crippen LogP contribution in [0.25, 0.3) is 0 Å². The predicted molar refractivity (Wildman–Crippen MR) is 104 cm³/mol. The lowest BCUT2D eigenvalue weighted by atomic mass is 10.1. The standard InChI is InChI=1S/C21H26FN3O2/c1-14-7-5-8-15(2)20(14)24-19(26)12-23-21(27)16(3)25(4)13-17-9-6-10-18(22)11-17/h5-11,16H,12-13H2,1-4H3,(H,23,27)(H,24,26)/p+1/t16-/m0/s1. The van der Waals surface area contributed by atoms with E-state index in [4.69, 9.17) is 0 Å². The van der Waals surface area contributed by atoms with Crippen LogP contribution >= 0.6 is 0 Å². The topological polar surface area (TPSA) is 62.6 Å². The van der Waals surface area contributed by atoms with Gasteiger partial charge in [0.05, 0.1) is 13.6 Å². The molecule has 0 bridgehead atoms. The Balaban J connectivity index is 1.86. The maximum atomic E-state index is 13.3. The quantitative estimate of drug-likeness (QED) is 0.691. The molecule has 0 aliphatic heterocycles. The molecule has 144 valence electrons. The lowest BCUT2D eigenvalue weighted by Crippen LogP contribution is -3.12. The zero-order chi connectivity index (χ0) is 20.0. The van der Waals surface area contributed by atoms with Crippen LogP contribution in [0.5, 0.6) is 0 Å². The number of benzene rings is 2. The summed E-state index contributed by atoms with van der Waals surface area (Å²) in [6.07, 6.45) is 0. The van der Waals surface area contributed by atoms with Crippen molar-refractivity contribution in [3.05, 3.63) is 65.0 Å². The third-order valence-electron chi connectivity index (χ3n) is 4.67. The summed E-state index contributed by atoms with van der Waals surface area (Å²) in [5.74, 6) is -0.781. The predicted octanol–water partition coefficient (Wildman–Crippen LogP) is 1.60. The zero-order valence-electron chi connectivity index (χ0n) is 16.2. The highest BCUT2D eigenvalue weighted by Crippen LogP contribution is 2.18. The molecule has 27 heavy (non-hydrogen) atoms. The van der Waals surface area contributed by atoms with E-state index in [-0.39, 0.29) is 30.2 Å². The minimum Gasteiger partial charge on any atom is -0.342 e. The number of aryl methyl sites for hydroxylation is 2. The summed E-state index contributed by atoms with van der Waals surface area (Å²) in [5.41, 5.74) is 3.54. The Morgan fingerprint density at radius 3 is 2.37 bits per heavy atom. The van der Waals surface area contributed by atoms with Gasteiger partial charge in [-0.05, 0) is 44.0 Å². The molecule has 2 aromatic rings. The molecule has 0 saturated carbocycles. The second-order valence-corrected chi connectivity index (χ2v) is 6.91. The van der Waals surface area contributed by atoms with Crippen LogP contribution in [-0.4, -0.2) is 31.4 Å². The van der Waals surface area contributed by atoms with Crippen molar-refractivity contribution < 1.29 is 18.9 Å². The van der Waals surface area contributed by atoms with Crippen molar-refractivity contribution in [3.8, 4) is 0 Å². The minimum atomic E-state index is -0.374. The van der Waals surface area contributed by atoms with Crippen molar-refractivity contribution >= 4 is 17.5 Å². The Labute approximate surface area is 159 Å². The number of hydrogen-bond acceptors (Lipinski definition) is 2. The number of rotatable bonds is 7. The van der Waals surface area contributed by atoms with Gasteiger partial charge in [0.25, 0.3) is 5.91 Å². The van der Waals surface area contributed by atoms with Crippen molar-refractivity contribution in [1.82, 2.24) is 5.32 Å². The summed E-state index contributed by atoms with van der Waals surface area (Å²) in [6, 6.07) is 11.7. The molecule has 0 aliphatic carbocycles. The SMILES string of the molecule is Cc1cccc(C)c1NC(=O)CNC(=O)[C@H](C)[NH+](C)Cc1cccc(F)c1. The highest BCUT2D eigenvalue weighted by molar-refractivity contribution is 5.96. The summed E-state index contributed by atoms with van der Waals surface area (Å²) in [6.45, 7) is 6.06. The van der Waals surface area contributed by atoms with Gasteiger partial charge in [0, 0.05) is 11.3 Å². The van der Waals surface area contributed by atoms with Gasteiger partial charge < -0.3 is 15.5 Å². The molecular formula is C21H27FN3O2+. The number of halogens is 1. The molecule has 2 rings (SSSR count). The Bertz CT molecular complexity index is 803. The van der Waals surface area contributed by atoms with Gasteiger partial charge in [-0.25, -0.2) is 4.39 Å². The van der Waals surface area contributed by atoms with Gasteiger partial charge in [-0.1, -0.05) is 30.3 Å². The van der Waals surface area contributed by atoms with E-state index < -0.39 is 0 Å². The largest absolute Gasteiger partial charge is 0.342 e. The van der Waals surface area contributed by atoms with E-state index in [0.717, 1.165) is 27.3 Å². The molecule has 1 unspecified atom stereocenters. The molecule has 5 nitrogen and oxygen atoms in total. The highest BCUT2D eigenvalue weighted by atomic mass is 19.1. The first-order valence-electron chi connectivity index (χ1n) is 8.98. The number of nitrogens with one attached hydrogen (secondary N) is 3. The van der Waals surface area contributed by atoms with Crippen LogP contribution < -0.4 is 15.5 Å². The minimum absolute atomic E-state index is 0.0931. The van der Waals surface area contributed by atoms with Gasteiger partial charge >= 0.3 is 0 Å². The molecule has 2 aromatic carbocycles. The average Bonchev–Trinajstić information content (AvgIpc) is 2.62. The Morgan fingerprint density at radius 1 is 1.11 bits per heavy atom. The Hall–Kier alpha value is -2.73. The van der Waals surface area contributed by atoms with E-state index in [1.165, 1.54) is 12.1 Å². The number of amides is 2. The molecule has 0 fully saturated rings. The van der Waals surface area contributed by atoms with E-state index in [1.54, 1.807) is 13.0 Å². The molecule has 0 heterocycles. The third-order valence-corrected chi connectivity index (χ3v) is 4.67. The van der Waals surface area contributed by atoms with E-state index in [1.807, 2.05) is 45.2 Å². The number of quaternary nitrogens is 1. The fourth-order valence-electron chi connectivity index (χ4n) is 2.86. The van der Waals surface area contributed by atoms with Gasteiger partial charge in [-0.15, -0.1) is 0 Å². The number of anilines is 1. The molecule has 2 atom stereocenters. The van der Waals surface area contributed by atoms with Crippen molar-refractivity contribution in [2.24, 2.45) is 0 Å². The van der Waals surface area contributed by atoms with Crippen LogP contribution in [-0.2, 0) is 16.1 Å². The van der Waals surface area contributed by atoms with E-state index in [9.17, 15) is 14.0 Å². The Morgan fingerprint density at radius 2 is 1.74 bits per heavy atom. The van der Waals surface area contributed by atoms with Crippen LogP contribution in [0.4, 0.5) is 10.1 Å². The van der Waals surface area contributed by atoms with Crippen LogP contribution in [0.3, 0.4) is 0 Å². The number of carbonyl (C=O) groups is 2. The number of hydrogen-bond donors (Lipinski definition) is 3. The fourth-order valence-corrected chi connectivity index (χ4v) is 2.86. The molecule has 0 aliphatic rings. The number of carbonyl (C=O) groups excluding carboxylic acids is 2. The fraction of sp³-hybridized carbons (Fsp3) is 0.333. The van der Waals surface area contributed by atoms with Crippen molar-refractivity contribution in [2.45, 2.75) is 33.4 Å². The summed E-state index contributed by atoms with van der Waals surface area (Å²) in [7, 11) is 1.87. The first kappa shape index (κ1) is 20.6. The summed E-state index contributed by atoms with van der Waals surface area (Å²) in [4.78, 5) is 25.4. The maximum absolute atomic E-state index is 13.3. The molecule has 0 spiro atoms. The molecule has 2 amide bonds. The van der Waals surface area contributed by atoms with Crippen LogP contribution in [0.15, 0.2) is 42.5 Å². The first-order chi connectivity index (χ1) is 12.8. The third kappa shape index (κ3) is 5.89. The summed E-state index contributed by atoms with van der Waals surface area (Å²) >= 11 is 0. The van der Waals surface area contributed by atoms with Crippen LogP contribution in [0, 0.1) is 19.7 Å². The van der Waals surface area contributed by atoms with Gasteiger partial charge in [-0.3, -0.25) is 9.59 Å². The van der Waals surface area contributed by atoms with Crippen LogP contribution in [0.2, 0.25) is 0 Å². The lowest BCUT2D eigenvalue weighted by Gasteiger charge is -2.21. The van der Waals surface area contributed by atoms with Gasteiger partial charge in [0.1, 0.15) is 12.4 Å². The zero-order valence-corrected chi connectivity index (χ0v) is 16.2. The second kappa shape index (κ2) is 9.28. The normalized spacial score (nSPS) is 12.9. The highest BCUT2D eigenvalue weighted by Gasteiger charge is 2.22. The molecule has 0 radical (unpaired) electrons. The van der Waals surface area contributed by atoms with E-state index in [0.29, 0.717) is 6.54 Å². The first-order valence-corrected chi connectivity index (χ1v) is 8.98. The smallest absolute Gasteiger partial charge is 0.278 e. The number of para-hydroxylation sites is 1. The molecule has 0 saturated heterocycles.